The molecule has 0 saturated carbocycles. The van der Waals surface area contributed by atoms with Gasteiger partial charge in [0, 0.05) is 0 Å². The van der Waals surface area contributed by atoms with Gasteiger partial charge in [-0.05, 0) is 35.4 Å². The largest absolute Gasteiger partial charge is 0.508 e. The summed E-state index contributed by atoms with van der Waals surface area (Å²) in [5, 5.41) is 18.5. The summed E-state index contributed by atoms with van der Waals surface area (Å²) >= 11 is 0. The third kappa shape index (κ3) is 2.85. The Bertz CT molecular complexity index is 736. The van der Waals surface area contributed by atoms with Crippen molar-refractivity contribution in [3.8, 4) is 22.6 Å². The summed E-state index contributed by atoms with van der Waals surface area (Å²) in [4.78, 5) is 0. The molecular weight excluding hydrogens is 345 g/mol. The summed E-state index contributed by atoms with van der Waals surface area (Å²) < 4.78 is 90.7. The van der Waals surface area contributed by atoms with E-state index in [1.54, 1.807) is 0 Å². The number of hydrogen-bond acceptors (Lipinski definition) is 2. The minimum Gasteiger partial charge on any atom is -0.508 e. The van der Waals surface area contributed by atoms with Crippen LogP contribution in [-0.4, -0.2) is 22.3 Å². The number of rotatable bonds is 3. The fourth-order valence-electron chi connectivity index (χ4n) is 1.97. The second-order valence-electron chi connectivity index (χ2n) is 4.93. The fourth-order valence-corrected chi connectivity index (χ4v) is 1.97. The predicted molar refractivity (Wildman–Crippen MR) is 70.1 cm³/mol. The molecule has 0 aliphatic carbocycles. The summed E-state index contributed by atoms with van der Waals surface area (Å²) in [6.07, 6.45) is -6.50. The van der Waals surface area contributed by atoms with Crippen molar-refractivity contribution in [3.63, 3.8) is 0 Å². The van der Waals surface area contributed by atoms with Crippen LogP contribution in [0.25, 0.3) is 11.1 Å². The highest BCUT2D eigenvalue weighted by molar-refractivity contribution is 5.66. The smallest absolute Gasteiger partial charge is 0.460 e. The molecule has 0 unspecified atom stereocenters. The maximum Gasteiger partial charge on any atom is 0.460 e. The molecule has 0 aliphatic rings. The Balaban J connectivity index is 2.58. The van der Waals surface area contributed by atoms with E-state index in [4.69, 9.17) is 5.11 Å². The van der Waals surface area contributed by atoms with Gasteiger partial charge in [-0.2, -0.15) is 30.7 Å². The SMILES string of the molecule is Oc1ccc(-c2ccc(O)c(C(F)(F)C(F)(F)C(F)(F)F)c2)cc1. The molecule has 0 bridgehead atoms. The van der Waals surface area contributed by atoms with Crippen molar-refractivity contribution in [3.05, 3.63) is 48.0 Å². The van der Waals surface area contributed by atoms with Gasteiger partial charge in [0.05, 0.1) is 5.56 Å². The fraction of sp³-hybridized carbons (Fsp3) is 0.200. The molecule has 0 atom stereocenters. The Labute approximate surface area is 130 Å². The van der Waals surface area contributed by atoms with Crippen molar-refractivity contribution in [2.24, 2.45) is 0 Å². The average molecular weight is 354 g/mol. The number of alkyl halides is 7. The lowest BCUT2D eigenvalue weighted by atomic mass is 9.96. The molecule has 0 spiro atoms. The summed E-state index contributed by atoms with van der Waals surface area (Å²) in [6.45, 7) is 0. The molecule has 0 amide bonds. The van der Waals surface area contributed by atoms with Crippen LogP contribution in [0.5, 0.6) is 11.5 Å². The molecule has 0 heterocycles. The zero-order valence-electron chi connectivity index (χ0n) is 11.6. The second kappa shape index (κ2) is 5.57. The van der Waals surface area contributed by atoms with Crippen molar-refractivity contribution in [2.75, 3.05) is 0 Å². The van der Waals surface area contributed by atoms with Crippen molar-refractivity contribution in [1.29, 1.82) is 0 Å². The zero-order chi connectivity index (χ0) is 18.3. The Morgan fingerprint density at radius 2 is 1.17 bits per heavy atom. The van der Waals surface area contributed by atoms with Crippen LogP contribution in [0.1, 0.15) is 5.56 Å². The number of hydrogen-bond donors (Lipinski definition) is 2. The molecule has 130 valence electrons. The van der Waals surface area contributed by atoms with Gasteiger partial charge in [-0.1, -0.05) is 18.2 Å². The first-order valence-corrected chi connectivity index (χ1v) is 6.33. The van der Waals surface area contributed by atoms with Gasteiger partial charge in [0.15, 0.2) is 0 Å². The van der Waals surface area contributed by atoms with Gasteiger partial charge in [0.1, 0.15) is 11.5 Å². The van der Waals surface area contributed by atoms with Crippen molar-refractivity contribution < 1.29 is 40.9 Å². The molecule has 0 aromatic heterocycles. The van der Waals surface area contributed by atoms with Crippen LogP contribution in [0, 0.1) is 0 Å². The van der Waals surface area contributed by atoms with E-state index in [1.165, 1.54) is 24.3 Å². The molecule has 2 nitrogen and oxygen atoms in total. The number of halogens is 7. The third-order valence-corrected chi connectivity index (χ3v) is 3.29. The Kier molecular flexibility index (Phi) is 4.15. The Morgan fingerprint density at radius 1 is 0.667 bits per heavy atom. The van der Waals surface area contributed by atoms with E-state index in [1.807, 2.05) is 0 Å². The first-order valence-electron chi connectivity index (χ1n) is 6.33. The van der Waals surface area contributed by atoms with E-state index in [0.717, 1.165) is 6.07 Å². The van der Waals surface area contributed by atoms with Crippen LogP contribution in [0.2, 0.25) is 0 Å². The van der Waals surface area contributed by atoms with Crippen LogP contribution in [0.15, 0.2) is 42.5 Å². The van der Waals surface area contributed by atoms with Crippen molar-refractivity contribution >= 4 is 0 Å². The maximum absolute atomic E-state index is 13.8. The summed E-state index contributed by atoms with van der Waals surface area (Å²) in [6, 6.07) is 6.83. The lowest BCUT2D eigenvalue weighted by molar-refractivity contribution is -0.359. The van der Waals surface area contributed by atoms with Crippen LogP contribution >= 0.6 is 0 Å². The van der Waals surface area contributed by atoms with E-state index in [2.05, 4.69) is 0 Å². The van der Waals surface area contributed by atoms with Gasteiger partial charge in [0.2, 0.25) is 0 Å². The quantitative estimate of drug-likeness (QED) is 0.757. The van der Waals surface area contributed by atoms with Gasteiger partial charge < -0.3 is 10.2 Å². The van der Waals surface area contributed by atoms with Crippen LogP contribution in [0.3, 0.4) is 0 Å². The predicted octanol–water partition coefficient (Wildman–Crippen LogP) is 5.05. The molecule has 2 N–H and O–H groups in total. The van der Waals surface area contributed by atoms with Gasteiger partial charge in [0.25, 0.3) is 0 Å². The molecule has 0 fully saturated rings. The standard InChI is InChI=1S/C15H9F7O2/c16-13(17,14(18,19)15(20,21)22)11-7-9(3-6-12(11)24)8-1-4-10(23)5-2-8/h1-7,23-24H. The summed E-state index contributed by atoms with van der Waals surface area (Å²) in [5.41, 5.74) is -1.82. The van der Waals surface area contributed by atoms with Crippen LogP contribution < -0.4 is 0 Å². The minimum atomic E-state index is -6.50. The van der Waals surface area contributed by atoms with Gasteiger partial charge in [-0.3, -0.25) is 0 Å². The van der Waals surface area contributed by atoms with Crippen molar-refractivity contribution in [2.45, 2.75) is 18.0 Å². The highest BCUT2D eigenvalue weighted by Crippen LogP contribution is 2.53. The van der Waals surface area contributed by atoms with Gasteiger partial charge in [-0.15, -0.1) is 0 Å². The Hall–Kier alpha value is -2.45. The van der Waals surface area contributed by atoms with Gasteiger partial charge in [-0.25, -0.2) is 0 Å². The lowest BCUT2D eigenvalue weighted by Gasteiger charge is -2.29. The molecule has 24 heavy (non-hydrogen) atoms. The molecule has 2 aromatic carbocycles. The van der Waals surface area contributed by atoms with Gasteiger partial charge >= 0.3 is 18.0 Å². The maximum atomic E-state index is 13.8. The molecule has 9 heteroatoms. The first-order chi connectivity index (χ1) is 10.9. The topological polar surface area (TPSA) is 40.5 Å². The normalized spacial score (nSPS) is 13.1. The summed E-state index contributed by atoms with van der Waals surface area (Å²) in [7, 11) is 0. The third-order valence-electron chi connectivity index (χ3n) is 3.29. The molecule has 0 aliphatic heterocycles. The monoisotopic (exact) mass is 354 g/mol. The first kappa shape index (κ1) is 17.9. The molecule has 2 aromatic rings. The number of aromatic hydroxyl groups is 2. The molecule has 2 rings (SSSR count). The molecule has 0 saturated heterocycles. The molecule has 0 radical (unpaired) electrons. The Morgan fingerprint density at radius 3 is 1.67 bits per heavy atom. The minimum absolute atomic E-state index is 0.138. The lowest BCUT2D eigenvalue weighted by Crippen LogP contribution is -2.50. The van der Waals surface area contributed by atoms with E-state index in [-0.39, 0.29) is 16.9 Å². The van der Waals surface area contributed by atoms with E-state index in [0.29, 0.717) is 12.1 Å². The summed E-state index contributed by atoms with van der Waals surface area (Å²) in [5.74, 6) is -13.6. The van der Waals surface area contributed by atoms with E-state index < -0.39 is 29.3 Å². The van der Waals surface area contributed by atoms with Crippen molar-refractivity contribution in [1.82, 2.24) is 0 Å². The highest BCUT2D eigenvalue weighted by atomic mass is 19.4. The highest BCUT2D eigenvalue weighted by Gasteiger charge is 2.74. The second-order valence-corrected chi connectivity index (χ2v) is 4.93. The number of phenols is 2. The molecular formula is C15H9F7O2. The van der Waals surface area contributed by atoms with E-state index in [9.17, 15) is 35.8 Å². The zero-order valence-corrected chi connectivity index (χ0v) is 11.6. The number of phenolic OH excluding ortho intramolecular Hbond substituents is 2. The van der Waals surface area contributed by atoms with Crippen LogP contribution in [-0.2, 0) is 5.92 Å². The van der Waals surface area contributed by atoms with E-state index >= 15 is 0 Å². The van der Waals surface area contributed by atoms with Crippen LogP contribution in [0.4, 0.5) is 30.7 Å². The number of benzene rings is 2. The average Bonchev–Trinajstić information content (AvgIpc) is 2.47.